The monoisotopic (exact) mass is 267 g/mol. The number of rotatable bonds is 3. The van der Waals surface area contributed by atoms with Crippen LogP contribution in [0.3, 0.4) is 0 Å². The number of piperidine rings is 1. The Morgan fingerprint density at radius 2 is 2.17 bits per heavy atom. The van der Waals surface area contributed by atoms with Crippen molar-refractivity contribution >= 4 is 11.6 Å². The van der Waals surface area contributed by atoms with E-state index in [4.69, 9.17) is 21.1 Å². The van der Waals surface area contributed by atoms with Gasteiger partial charge in [-0.2, -0.15) is 0 Å². The van der Waals surface area contributed by atoms with Crippen molar-refractivity contribution in [1.29, 1.82) is 0 Å². The average molecular weight is 268 g/mol. The first-order chi connectivity index (χ1) is 8.71. The van der Waals surface area contributed by atoms with E-state index in [0.29, 0.717) is 5.02 Å². The van der Waals surface area contributed by atoms with Crippen molar-refractivity contribution in [2.24, 2.45) is 0 Å². The molecular weight excluding hydrogens is 250 g/mol. The molecule has 18 heavy (non-hydrogen) atoms. The average Bonchev–Trinajstić information content (AvgIpc) is 2.67. The SMILES string of the molecule is COc1ccc(O[C@]23CCCN(CC2)C3)c(Cl)c1. The van der Waals surface area contributed by atoms with Gasteiger partial charge in [-0.3, -0.25) is 4.90 Å². The topological polar surface area (TPSA) is 21.7 Å². The molecule has 98 valence electrons. The van der Waals surface area contributed by atoms with Gasteiger partial charge >= 0.3 is 0 Å². The molecule has 0 N–H and O–H groups in total. The highest BCUT2D eigenvalue weighted by atomic mass is 35.5. The molecule has 2 aliphatic rings. The van der Waals surface area contributed by atoms with Crippen LogP contribution in [0.25, 0.3) is 0 Å². The van der Waals surface area contributed by atoms with Gasteiger partial charge in [-0.25, -0.2) is 0 Å². The molecule has 3 rings (SSSR count). The van der Waals surface area contributed by atoms with Gasteiger partial charge in [0.2, 0.25) is 0 Å². The lowest BCUT2D eigenvalue weighted by atomic mass is 9.94. The molecule has 1 aromatic carbocycles. The van der Waals surface area contributed by atoms with Crippen molar-refractivity contribution < 1.29 is 9.47 Å². The summed E-state index contributed by atoms with van der Waals surface area (Å²) in [5, 5.41) is 0.632. The van der Waals surface area contributed by atoms with E-state index in [9.17, 15) is 0 Å². The van der Waals surface area contributed by atoms with Crippen molar-refractivity contribution in [1.82, 2.24) is 4.90 Å². The largest absolute Gasteiger partial charge is 0.497 e. The van der Waals surface area contributed by atoms with E-state index in [-0.39, 0.29) is 5.60 Å². The van der Waals surface area contributed by atoms with Crippen LogP contribution in [-0.2, 0) is 0 Å². The first-order valence-electron chi connectivity index (χ1n) is 6.46. The molecule has 1 aromatic rings. The Kier molecular flexibility index (Phi) is 3.12. The van der Waals surface area contributed by atoms with E-state index in [0.717, 1.165) is 37.4 Å². The fourth-order valence-corrected chi connectivity index (χ4v) is 3.22. The maximum Gasteiger partial charge on any atom is 0.139 e. The summed E-state index contributed by atoms with van der Waals surface area (Å²) in [6, 6.07) is 5.61. The number of benzene rings is 1. The van der Waals surface area contributed by atoms with Gasteiger partial charge in [0.25, 0.3) is 0 Å². The minimum Gasteiger partial charge on any atom is -0.497 e. The fourth-order valence-electron chi connectivity index (χ4n) is 3.01. The molecule has 2 bridgehead atoms. The summed E-state index contributed by atoms with van der Waals surface area (Å²) in [6.07, 6.45) is 3.45. The number of methoxy groups -OCH3 is 1. The zero-order valence-electron chi connectivity index (χ0n) is 10.6. The molecule has 3 nitrogen and oxygen atoms in total. The molecular formula is C14H18ClNO2. The molecule has 0 aromatic heterocycles. The Morgan fingerprint density at radius 3 is 2.94 bits per heavy atom. The van der Waals surface area contributed by atoms with Crippen LogP contribution in [-0.4, -0.2) is 37.2 Å². The van der Waals surface area contributed by atoms with Gasteiger partial charge in [0, 0.05) is 25.6 Å². The van der Waals surface area contributed by atoms with Gasteiger partial charge in [-0.15, -0.1) is 0 Å². The lowest BCUT2D eigenvalue weighted by molar-refractivity contribution is 0.0453. The molecule has 2 aliphatic heterocycles. The summed E-state index contributed by atoms with van der Waals surface area (Å²) in [5.41, 5.74) is -0.0174. The van der Waals surface area contributed by atoms with Gasteiger partial charge in [0.1, 0.15) is 17.1 Å². The Hall–Kier alpha value is -0.930. The van der Waals surface area contributed by atoms with Crippen LogP contribution in [0.2, 0.25) is 5.02 Å². The molecule has 2 heterocycles. The van der Waals surface area contributed by atoms with Gasteiger partial charge < -0.3 is 9.47 Å². The molecule has 2 atom stereocenters. The van der Waals surface area contributed by atoms with E-state index in [2.05, 4.69) is 4.90 Å². The molecule has 0 aliphatic carbocycles. The summed E-state index contributed by atoms with van der Waals surface area (Å²) >= 11 is 6.24. The van der Waals surface area contributed by atoms with Crippen molar-refractivity contribution in [3.8, 4) is 11.5 Å². The van der Waals surface area contributed by atoms with Crippen LogP contribution >= 0.6 is 11.6 Å². The van der Waals surface area contributed by atoms with Crippen LogP contribution in [0, 0.1) is 0 Å². The summed E-state index contributed by atoms with van der Waals surface area (Å²) < 4.78 is 11.4. The van der Waals surface area contributed by atoms with Crippen LogP contribution in [0.4, 0.5) is 0 Å². The molecule has 4 heteroatoms. The van der Waals surface area contributed by atoms with Gasteiger partial charge in [-0.05, 0) is 31.5 Å². The Bertz CT molecular complexity index is 447. The van der Waals surface area contributed by atoms with Crippen LogP contribution < -0.4 is 9.47 Å². The zero-order valence-corrected chi connectivity index (χ0v) is 11.4. The van der Waals surface area contributed by atoms with E-state index in [1.807, 2.05) is 18.2 Å². The van der Waals surface area contributed by atoms with E-state index < -0.39 is 0 Å². The zero-order chi connectivity index (χ0) is 12.6. The fraction of sp³-hybridized carbons (Fsp3) is 0.571. The maximum absolute atomic E-state index is 6.24. The normalized spacial score (nSPS) is 30.2. The number of ether oxygens (including phenoxy) is 2. The van der Waals surface area contributed by atoms with Gasteiger partial charge in [0.15, 0.2) is 0 Å². The van der Waals surface area contributed by atoms with Gasteiger partial charge in [0.05, 0.1) is 12.1 Å². The van der Waals surface area contributed by atoms with Crippen molar-refractivity contribution in [2.75, 3.05) is 26.7 Å². The minimum absolute atomic E-state index is 0.0174. The molecule has 0 radical (unpaired) electrons. The van der Waals surface area contributed by atoms with Crippen molar-refractivity contribution in [2.45, 2.75) is 24.9 Å². The first-order valence-corrected chi connectivity index (χ1v) is 6.83. The Morgan fingerprint density at radius 1 is 1.28 bits per heavy atom. The van der Waals surface area contributed by atoms with Crippen molar-refractivity contribution in [3.63, 3.8) is 0 Å². The van der Waals surface area contributed by atoms with E-state index >= 15 is 0 Å². The summed E-state index contributed by atoms with van der Waals surface area (Å²) in [6.45, 7) is 3.39. The number of fused-ring (bicyclic) bond motifs is 2. The highest BCUT2D eigenvalue weighted by Gasteiger charge is 2.43. The number of hydrogen-bond acceptors (Lipinski definition) is 3. The summed E-state index contributed by atoms with van der Waals surface area (Å²) in [5.74, 6) is 1.54. The quantitative estimate of drug-likeness (QED) is 0.840. The highest BCUT2D eigenvalue weighted by Crippen LogP contribution is 2.38. The predicted molar refractivity (Wildman–Crippen MR) is 71.7 cm³/mol. The standard InChI is InChI=1S/C14H18ClNO2/c1-17-11-3-4-13(12(15)9-11)18-14-5-2-7-16(10-14)8-6-14/h3-4,9H,2,5-8,10H2,1H3/t14-/m1/s1. The second-order valence-electron chi connectivity index (χ2n) is 5.21. The second kappa shape index (κ2) is 4.63. The molecule has 2 fully saturated rings. The number of hydrogen-bond donors (Lipinski definition) is 0. The Balaban J connectivity index is 1.80. The molecule has 0 saturated carbocycles. The van der Waals surface area contributed by atoms with Gasteiger partial charge in [-0.1, -0.05) is 11.6 Å². The summed E-state index contributed by atoms with van der Waals surface area (Å²) in [7, 11) is 1.64. The predicted octanol–water partition coefficient (Wildman–Crippen LogP) is 2.97. The number of halogens is 1. The summed E-state index contributed by atoms with van der Waals surface area (Å²) in [4.78, 5) is 2.47. The molecule has 1 unspecified atom stereocenters. The van der Waals surface area contributed by atoms with E-state index in [1.165, 1.54) is 13.0 Å². The lowest BCUT2D eigenvalue weighted by Crippen LogP contribution is -2.43. The third kappa shape index (κ3) is 2.17. The Labute approximate surface area is 113 Å². The second-order valence-corrected chi connectivity index (χ2v) is 5.62. The van der Waals surface area contributed by atoms with E-state index in [1.54, 1.807) is 7.11 Å². The number of nitrogens with zero attached hydrogens (tertiary/aromatic N) is 1. The lowest BCUT2D eigenvalue weighted by Gasteiger charge is -2.34. The van der Waals surface area contributed by atoms with Crippen LogP contribution in [0.15, 0.2) is 18.2 Å². The molecule has 2 saturated heterocycles. The van der Waals surface area contributed by atoms with Crippen molar-refractivity contribution in [3.05, 3.63) is 23.2 Å². The third-order valence-corrected chi connectivity index (χ3v) is 4.26. The minimum atomic E-state index is -0.0174. The first kappa shape index (κ1) is 12.1. The van der Waals surface area contributed by atoms with Crippen LogP contribution in [0.1, 0.15) is 19.3 Å². The smallest absolute Gasteiger partial charge is 0.139 e. The molecule has 0 spiro atoms. The maximum atomic E-state index is 6.24. The molecule has 0 amide bonds. The third-order valence-electron chi connectivity index (χ3n) is 3.97. The highest BCUT2D eigenvalue weighted by molar-refractivity contribution is 6.32. The van der Waals surface area contributed by atoms with Crippen LogP contribution in [0.5, 0.6) is 11.5 Å².